The molecule has 11 heteroatoms. The third kappa shape index (κ3) is 4.38. The van der Waals surface area contributed by atoms with E-state index in [2.05, 4.69) is 0 Å². The number of hydrogen-bond donors (Lipinski definition) is 0. The first-order valence-electron chi connectivity index (χ1n) is 11.8. The second-order valence-electron chi connectivity index (χ2n) is 10.2. The molecule has 1 aliphatic heterocycles. The zero-order valence-corrected chi connectivity index (χ0v) is 21.9. The lowest BCUT2D eigenvalue weighted by Gasteiger charge is -2.60. The minimum atomic E-state index is -1.64. The van der Waals surface area contributed by atoms with E-state index in [4.69, 9.17) is 28.4 Å². The summed E-state index contributed by atoms with van der Waals surface area (Å²) < 4.78 is 35.3. The lowest BCUT2D eigenvalue weighted by molar-refractivity contribution is -0.276. The summed E-state index contributed by atoms with van der Waals surface area (Å²) in [5.41, 5.74) is -3.61. The number of fused-ring (bicyclic) bond motifs is 1. The summed E-state index contributed by atoms with van der Waals surface area (Å²) in [5.74, 6) is -3.66. The molecule has 200 valence electrons. The van der Waals surface area contributed by atoms with Gasteiger partial charge in [-0.1, -0.05) is 0 Å². The number of hydrogen-bond acceptors (Lipinski definition) is 11. The number of esters is 5. The molecule has 1 spiro atoms. The van der Waals surface area contributed by atoms with Crippen LogP contribution in [0.25, 0.3) is 0 Å². The zero-order valence-electron chi connectivity index (χ0n) is 21.9. The molecule has 2 fully saturated rings. The van der Waals surface area contributed by atoms with Crippen LogP contribution in [0.15, 0.2) is 11.6 Å². The van der Waals surface area contributed by atoms with Gasteiger partial charge in [-0.2, -0.15) is 0 Å². The molecule has 3 aliphatic rings. The normalized spacial score (nSPS) is 36.0. The topological polar surface area (TPSA) is 141 Å². The van der Waals surface area contributed by atoms with Crippen LogP contribution in [0.1, 0.15) is 61.8 Å². The maximum Gasteiger partial charge on any atom is 0.303 e. The van der Waals surface area contributed by atoms with Crippen LogP contribution < -0.4 is 0 Å². The Morgan fingerprint density at radius 2 is 1.36 bits per heavy atom. The molecule has 1 saturated carbocycles. The van der Waals surface area contributed by atoms with Gasteiger partial charge in [0.1, 0.15) is 29.8 Å². The molecule has 1 heterocycles. The molecule has 0 radical (unpaired) electrons. The van der Waals surface area contributed by atoms with Crippen LogP contribution in [0.2, 0.25) is 0 Å². The number of rotatable bonds is 6. The fourth-order valence-electron chi connectivity index (χ4n) is 6.30. The average Bonchev–Trinajstić information content (AvgIpc) is 2.86. The Balaban J connectivity index is 2.43. The minimum Gasteiger partial charge on any atom is -0.465 e. The second-order valence-corrected chi connectivity index (χ2v) is 10.2. The molecule has 36 heavy (non-hydrogen) atoms. The van der Waals surface area contributed by atoms with Gasteiger partial charge in [-0.3, -0.25) is 24.0 Å². The third-order valence-corrected chi connectivity index (χ3v) is 7.33. The summed E-state index contributed by atoms with van der Waals surface area (Å²) in [6, 6.07) is 0. The molecule has 2 bridgehead atoms. The fourth-order valence-corrected chi connectivity index (χ4v) is 6.30. The van der Waals surface area contributed by atoms with E-state index in [1.165, 1.54) is 34.6 Å². The first-order chi connectivity index (χ1) is 16.6. The van der Waals surface area contributed by atoms with Crippen molar-refractivity contribution in [1.82, 2.24) is 0 Å². The fraction of sp³-hybridized carbons (Fsp3) is 0.720. The van der Waals surface area contributed by atoms with Gasteiger partial charge in [-0.05, 0) is 38.8 Å². The van der Waals surface area contributed by atoms with Crippen molar-refractivity contribution in [2.75, 3.05) is 6.61 Å². The van der Waals surface area contributed by atoms with Crippen molar-refractivity contribution in [3.05, 3.63) is 11.6 Å². The Bertz CT molecular complexity index is 998. The van der Waals surface area contributed by atoms with Crippen LogP contribution in [0.3, 0.4) is 0 Å². The van der Waals surface area contributed by atoms with E-state index in [0.29, 0.717) is 5.57 Å². The molecule has 11 nitrogen and oxygen atoms in total. The Kier molecular flexibility index (Phi) is 7.29. The number of carbonyl (C=O) groups is 5. The van der Waals surface area contributed by atoms with E-state index >= 15 is 0 Å². The van der Waals surface area contributed by atoms with Crippen molar-refractivity contribution in [2.24, 2.45) is 11.3 Å². The van der Waals surface area contributed by atoms with Crippen LogP contribution >= 0.6 is 0 Å². The van der Waals surface area contributed by atoms with Crippen LogP contribution in [0, 0.1) is 11.3 Å². The standard InChI is InChI=1S/C25H34O11/c1-12-9-19(32-14(3)27)22(35-17(6)30)24(11-31-13(2)26)20(33-15(4)28)10-18-21(34-16(5)29)25(12,24)36-23(18,7)8/h9,18-22H,10-11H2,1-8H3/t18-,19+,20+,21-,22+,24-,25-/m1/s1. The van der Waals surface area contributed by atoms with Gasteiger partial charge in [0.15, 0.2) is 12.2 Å². The van der Waals surface area contributed by atoms with E-state index in [1.54, 1.807) is 13.0 Å². The van der Waals surface area contributed by atoms with Crippen LogP contribution in [-0.2, 0) is 52.4 Å². The molecule has 0 amide bonds. The van der Waals surface area contributed by atoms with Crippen molar-refractivity contribution in [3.63, 3.8) is 0 Å². The molecule has 3 rings (SSSR count). The van der Waals surface area contributed by atoms with E-state index in [-0.39, 0.29) is 6.42 Å². The first kappa shape index (κ1) is 27.6. The van der Waals surface area contributed by atoms with E-state index in [0.717, 1.165) is 0 Å². The van der Waals surface area contributed by atoms with E-state index < -0.39 is 83.4 Å². The van der Waals surface area contributed by atoms with Crippen LogP contribution in [0.4, 0.5) is 0 Å². The van der Waals surface area contributed by atoms with Gasteiger partial charge in [-0.25, -0.2) is 0 Å². The maximum absolute atomic E-state index is 12.4. The van der Waals surface area contributed by atoms with Gasteiger partial charge >= 0.3 is 29.8 Å². The maximum atomic E-state index is 12.4. The lowest BCUT2D eigenvalue weighted by Crippen LogP contribution is -2.76. The molecule has 0 unspecified atom stereocenters. The molecular formula is C25H34O11. The van der Waals surface area contributed by atoms with Crippen LogP contribution in [-0.4, -0.2) is 72.1 Å². The van der Waals surface area contributed by atoms with Gasteiger partial charge < -0.3 is 28.4 Å². The lowest BCUT2D eigenvalue weighted by atomic mass is 9.50. The van der Waals surface area contributed by atoms with Crippen molar-refractivity contribution in [2.45, 2.75) is 97.4 Å². The highest BCUT2D eigenvalue weighted by molar-refractivity contribution is 5.70. The Hall–Kier alpha value is -2.95. The zero-order chi connectivity index (χ0) is 27.2. The second kappa shape index (κ2) is 9.49. The van der Waals surface area contributed by atoms with Crippen molar-refractivity contribution < 1.29 is 52.4 Å². The predicted octanol–water partition coefficient (Wildman–Crippen LogP) is 1.79. The molecule has 0 aromatic rings. The summed E-state index contributed by atoms with van der Waals surface area (Å²) >= 11 is 0. The molecule has 0 aromatic carbocycles. The smallest absolute Gasteiger partial charge is 0.303 e. The first-order valence-corrected chi connectivity index (χ1v) is 11.8. The van der Waals surface area contributed by atoms with Crippen molar-refractivity contribution in [3.8, 4) is 0 Å². The number of carbonyl (C=O) groups excluding carboxylic acids is 5. The Labute approximate surface area is 209 Å². The largest absolute Gasteiger partial charge is 0.465 e. The van der Waals surface area contributed by atoms with Gasteiger partial charge in [0.05, 0.1) is 5.60 Å². The quantitative estimate of drug-likeness (QED) is 0.293. The van der Waals surface area contributed by atoms with Gasteiger partial charge in [0.2, 0.25) is 0 Å². The van der Waals surface area contributed by atoms with Crippen molar-refractivity contribution in [1.29, 1.82) is 0 Å². The number of ether oxygens (including phenoxy) is 6. The van der Waals surface area contributed by atoms with E-state index in [9.17, 15) is 24.0 Å². The van der Waals surface area contributed by atoms with Crippen molar-refractivity contribution >= 4 is 29.8 Å². The highest BCUT2D eigenvalue weighted by Crippen LogP contribution is 2.67. The molecule has 2 aliphatic carbocycles. The summed E-state index contributed by atoms with van der Waals surface area (Å²) in [7, 11) is 0. The van der Waals surface area contributed by atoms with Gasteiger partial charge in [0.25, 0.3) is 0 Å². The molecule has 0 aromatic heterocycles. The summed E-state index contributed by atoms with van der Waals surface area (Å²) in [6.45, 7) is 11.0. The monoisotopic (exact) mass is 510 g/mol. The van der Waals surface area contributed by atoms with E-state index in [1.807, 2.05) is 13.8 Å². The Morgan fingerprint density at radius 1 is 0.833 bits per heavy atom. The molecule has 0 N–H and O–H groups in total. The molecule has 1 saturated heterocycles. The highest BCUT2D eigenvalue weighted by Gasteiger charge is 2.81. The Morgan fingerprint density at radius 3 is 1.86 bits per heavy atom. The molecule has 7 atom stereocenters. The SMILES string of the molecule is CC(=O)OC[C@]12[C@@H](OC(C)=O)C[C@@H]3[C@@H](OC(C)=O)[C@]1(OC3(C)C)C(C)=C[C@H](OC(C)=O)[C@@H]2OC(C)=O. The highest BCUT2D eigenvalue weighted by atomic mass is 16.6. The van der Waals surface area contributed by atoms with Gasteiger partial charge in [-0.15, -0.1) is 0 Å². The average molecular weight is 511 g/mol. The summed E-state index contributed by atoms with van der Waals surface area (Å²) in [4.78, 5) is 61.1. The van der Waals surface area contributed by atoms with Gasteiger partial charge in [0, 0.05) is 40.5 Å². The minimum absolute atomic E-state index is 0.130. The van der Waals surface area contributed by atoms with Crippen LogP contribution in [0.5, 0.6) is 0 Å². The third-order valence-electron chi connectivity index (χ3n) is 7.33. The molecular weight excluding hydrogens is 476 g/mol. The predicted molar refractivity (Wildman–Crippen MR) is 121 cm³/mol. The summed E-state index contributed by atoms with van der Waals surface area (Å²) in [6.07, 6.45) is -2.69. The summed E-state index contributed by atoms with van der Waals surface area (Å²) in [5, 5.41) is 0.